The molecule has 0 heterocycles. The van der Waals surface area contributed by atoms with Crippen LogP contribution in [0.4, 0.5) is 0 Å². The summed E-state index contributed by atoms with van der Waals surface area (Å²) in [7, 11) is 3.33. The summed E-state index contributed by atoms with van der Waals surface area (Å²) in [6.45, 7) is 0.236. The third-order valence-electron chi connectivity index (χ3n) is 3.68. The van der Waals surface area contributed by atoms with Crippen LogP contribution in [0.5, 0.6) is 0 Å². The van der Waals surface area contributed by atoms with Gasteiger partial charge in [0.2, 0.25) is 0 Å². The quantitative estimate of drug-likeness (QED) is 0.542. The fourth-order valence-corrected chi connectivity index (χ4v) is 3.03. The van der Waals surface area contributed by atoms with Crippen molar-refractivity contribution in [1.29, 1.82) is 0 Å². The number of ether oxygens (including phenoxy) is 2. The van der Waals surface area contributed by atoms with Crippen LogP contribution in [0, 0.1) is 23.7 Å². The van der Waals surface area contributed by atoms with Crippen LogP contribution in [0.15, 0.2) is 12.2 Å². The lowest BCUT2D eigenvalue weighted by atomic mass is 9.83. The van der Waals surface area contributed by atoms with Gasteiger partial charge in [-0.05, 0) is 24.2 Å². The van der Waals surface area contributed by atoms with Crippen molar-refractivity contribution in [3.05, 3.63) is 12.2 Å². The van der Waals surface area contributed by atoms with Gasteiger partial charge in [-0.1, -0.05) is 12.2 Å². The van der Waals surface area contributed by atoms with E-state index in [1.54, 1.807) is 14.2 Å². The molecule has 3 nitrogen and oxygen atoms in total. The van der Waals surface area contributed by atoms with E-state index in [9.17, 15) is 5.11 Å². The molecule has 2 aliphatic rings. The number of aliphatic hydroxyl groups excluding tert-OH is 1. The summed E-state index contributed by atoms with van der Waals surface area (Å²) in [5.74, 6) is 1.70. The highest BCUT2D eigenvalue weighted by atomic mass is 16.7. The van der Waals surface area contributed by atoms with Gasteiger partial charge in [-0.15, -0.1) is 0 Å². The van der Waals surface area contributed by atoms with Gasteiger partial charge in [-0.25, -0.2) is 0 Å². The van der Waals surface area contributed by atoms with E-state index in [4.69, 9.17) is 9.47 Å². The Morgan fingerprint density at radius 3 is 2.50 bits per heavy atom. The second-order valence-corrected chi connectivity index (χ2v) is 4.21. The number of fused-ring (bicyclic) bond motifs is 2. The molecular formula is C11H18O3. The average molecular weight is 198 g/mol. The summed E-state index contributed by atoms with van der Waals surface area (Å²) in [4.78, 5) is 0. The third kappa shape index (κ3) is 1.40. The summed E-state index contributed by atoms with van der Waals surface area (Å²) >= 11 is 0. The predicted octanol–water partition coefficient (Wildman–Crippen LogP) is 1.04. The first kappa shape index (κ1) is 10.1. The number of methoxy groups -OCH3 is 2. The molecule has 0 unspecified atom stereocenters. The smallest absolute Gasteiger partial charge is 0.160 e. The Bertz CT molecular complexity index is 223. The molecule has 14 heavy (non-hydrogen) atoms. The molecule has 1 saturated carbocycles. The van der Waals surface area contributed by atoms with Crippen LogP contribution in [0.1, 0.15) is 6.42 Å². The molecule has 0 saturated heterocycles. The lowest BCUT2D eigenvalue weighted by Crippen LogP contribution is -2.35. The van der Waals surface area contributed by atoms with Gasteiger partial charge in [0.15, 0.2) is 6.29 Å². The molecular weight excluding hydrogens is 180 g/mol. The SMILES string of the molecule is COC(OC)[C@H]1[C@@H](CO)[C@H]2C=C[C@@H]1C2. The Labute approximate surface area is 84.7 Å². The van der Waals surface area contributed by atoms with Crippen molar-refractivity contribution in [2.75, 3.05) is 20.8 Å². The van der Waals surface area contributed by atoms with Crippen molar-refractivity contribution in [1.82, 2.24) is 0 Å². The third-order valence-corrected chi connectivity index (χ3v) is 3.68. The molecule has 2 bridgehead atoms. The maximum Gasteiger partial charge on any atom is 0.160 e. The van der Waals surface area contributed by atoms with E-state index in [2.05, 4.69) is 12.2 Å². The molecule has 0 radical (unpaired) electrons. The lowest BCUT2D eigenvalue weighted by molar-refractivity contribution is -0.156. The van der Waals surface area contributed by atoms with Crippen molar-refractivity contribution in [3.63, 3.8) is 0 Å². The number of allylic oxidation sites excluding steroid dienone is 2. The van der Waals surface area contributed by atoms with Gasteiger partial charge in [0.05, 0.1) is 0 Å². The van der Waals surface area contributed by atoms with Gasteiger partial charge in [0.1, 0.15) is 0 Å². The first-order valence-corrected chi connectivity index (χ1v) is 5.16. The monoisotopic (exact) mass is 198 g/mol. The van der Waals surface area contributed by atoms with Crippen molar-refractivity contribution >= 4 is 0 Å². The Hall–Kier alpha value is -0.380. The summed E-state index contributed by atoms with van der Waals surface area (Å²) in [6.07, 6.45) is 5.45. The van der Waals surface area contributed by atoms with Crippen LogP contribution >= 0.6 is 0 Å². The first-order valence-electron chi connectivity index (χ1n) is 5.16. The molecule has 4 atom stereocenters. The van der Waals surface area contributed by atoms with E-state index in [0.717, 1.165) is 6.42 Å². The number of aliphatic hydroxyl groups is 1. The van der Waals surface area contributed by atoms with Gasteiger partial charge < -0.3 is 14.6 Å². The van der Waals surface area contributed by atoms with Crippen LogP contribution in [-0.4, -0.2) is 32.2 Å². The van der Waals surface area contributed by atoms with Crippen LogP contribution in [0.25, 0.3) is 0 Å². The van der Waals surface area contributed by atoms with E-state index in [1.165, 1.54) is 0 Å². The zero-order valence-electron chi connectivity index (χ0n) is 8.72. The molecule has 0 aliphatic heterocycles. The van der Waals surface area contributed by atoms with Crippen molar-refractivity contribution in [2.45, 2.75) is 12.7 Å². The minimum atomic E-state index is -0.174. The van der Waals surface area contributed by atoms with Gasteiger partial charge >= 0.3 is 0 Å². The highest BCUT2D eigenvalue weighted by molar-refractivity contribution is 5.14. The van der Waals surface area contributed by atoms with Gasteiger partial charge in [0.25, 0.3) is 0 Å². The molecule has 1 N–H and O–H groups in total. The molecule has 2 rings (SSSR count). The number of rotatable bonds is 4. The normalized spacial score (nSPS) is 40.0. The first-order chi connectivity index (χ1) is 6.81. The van der Waals surface area contributed by atoms with Crippen LogP contribution < -0.4 is 0 Å². The van der Waals surface area contributed by atoms with Crippen molar-refractivity contribution < 1.29 is 14.6 Å². The molecule has 80 valence electrons. The van der Waals surface area contributed by atoms with E-state index in [0.29, 0.717) is 23.7 Å². The minimum Gasteiger partial charge on any atom is -0.396 e. The van der Waals surface area contributed by atoms with E-state index >= 15 is 0 Å². The molecule has 3 heteroatoms. The Morgan fingerprint density at radius 1 is 1.29 bits per heavy atom. The molecule has 0 aromatic rings. The van der Waals surface area contributed by atoms with Gasteiger partial charge in [-0.2, -0.15) is 0 Å². The van der Waals surface area contributed by atoms with Crippen LogP contribution in [-0.2, 0) is 9.47 Å². The van der Waals surface area contributed by atoms with Crippen LogP contribution in [0.3, 0.4) is 0 Å². The fraction of sp³-hybridized carbons (Fsp3) is 0.818. The van der Waals surface area contributed by atoms with Crippen molar-refractivity contribution in [3.8, 4) is 0 Å². The number of hydrogen-bond donors (Lipinski definition) is 1. The molecule has 0 spiro atoms. The summed E-state index contributed by atoms with van der Waals surface area (Å²) < 4.78 is 10.6. The van der Waals surface area contributed by atoms with E-state index in [-0.39, 0.29) is 12.9 Å². The second kappa shape index (κ2) is 4.01. The van der Waals surface area contributed by atoms with Crippen LogP contribution in [0.2, 0.25) is 0 Å². The highest BCUT2D eigenvalue weighted by Crippen LogP contribution is 2.49. The largest absolute Gasteiger partial charge is 0.396 e. The molecule has 0 aromatic heterocycles. The molecule has 0 aromatic carbocycles. The summed E-state index contributed by atoms with van der Waals surface area (Å²) in [5.41, 5.74) is 0. The Morgan fingerprint density at radius 2 is 1.93 bits per heavy atom. The summed E-state index contributed by atoms with van der Waals surface area (Å²) in [5, 5.41) is 9.35. The van der Waals surface area contributed by atoms with Gasteiger partial charge in [-0.3, -0.25) is 0 Å². The second-order valence-electron chi connectivity index (χ2n) is 4.21. The lowest BCUT2D eigenvalue weighted by Gasteiger charge is -2.31. The predicted molar refractivity (Wildman–Crippen MR) is 52.6 cm³/mol. The zero-order valence-corrected chi connectivity index (χ0v) is 8.72. The molecule has 0 amide bonds. The van der Waals surface area contributed by atoms with Crippen molar-refractivity contribution in [2.24, 2.45) is 23.7 Å². The Balaban J connectivity index is 2.13. The average Bonchev–Trinajstić information content (AvgIpc) is 2.79. The number of hydrogen-bond acceptors (Lipinski definition) is 3. The van der Waals surface area contributed by atoms with Gasteiger partial charge in [0, 0.05) is 26.7 Å². The zero-order chi connectivity index (χ0) is 10.1. The van der Waals surface area contributed by atoms with E-state index < -0.39 is 0 Å². The van der Waals surface area contributed by atoms with E-state index in [1.807, 2.05) is 0 Å². The standard InChI is InChI=1S/C11H18O3/c1-13-11(14-2)10-8-4-3-7(5-8)9(10)6-12/h3-4,7-12H,5-6H2,1-2H3/t7-,8+,9-,10+/m0/s1. The maximum absolute atomic E-state index is 9.35. The summed E-state index contributed by atoms with van der Waals surface area (Å²) in [6, 6.07) is 0. The topological polar surface area (TPSA) is 38.7 Å². The Kier molecular flexibility index (Phi) is 2.91. The molecule has 1 fully saturated rings. The minimum absolute atomic E-state index is 0.174. The molecule has 2 aliphatic carbocycles. The highest BCUT2D eigenvalue weighted by Gasteiger charge is 2.47. The maximum atomic E-state index is 9.35. The fourth-order valence-electron chi connectivity index (χ4n) is 3.03.